The van der Waals surface area contributed by atoms with E-state index in [0.29, 0.717) is 18.2 Å². The SMILES string of the molecule is CCOc1ccc(-c2ccc(COC)c(C)c2)c(Cl)c1. The molecule has 0 unspecified atom stereocenters. The molecule has 0 saturated heterocycles. The van der Waals surface area contributed by atoms with E-state index >= 15 is 0 Å². The maximum atomic E-state index is 6.35. The minimum Gasteiger partial charge on any atom is -0.494 e. The Bertz CT molecular complexity index is 594. The molecule has 2 aromatic rings. The molecule has 3 heteroatoms. The van der Waals surface area contributed by atoms with Crippen molar-refractivity contribution < 1.29 is 9.47 Å². The topological polar surface area (TPSA) is 18.5 Å². The molecule has 0 radical (unpaired) electrons. The highest BCUT2D eigenvalue weighted by molar-refractivity contribution is 6.33. The molecule has 0 aliphatic carbocycles. The van der Waals surface area contributed by atoms with Gasteiger partial charge >= 0.3 is 0 Å². The second-order valence-electron chi connectivity index (χ2n) is 4.65. The van der Waals surface area contributed by atoms with E-state index in [-0.39, 0.29) is 0 Å². The molecule has 0 aliphatic rings. The Labute approximate surface area is 125 Å². The number of halogens is 1. The van der Waals surface area contributed by atoms with Crippen molar-refractivity contribution in [2.75, 3.05) is 13.7 Å². The zero-order chi connectivity index (χ0) is 14.5. The minimum absolute atomic E-state index is 0.628. The van der Waals surface area contributed by atoms with Gasteiger partial charge in [-0.15, -0.1) is 0 Å². The van der Waals surface area contributed by atoms with Crippen LogP contribution in [0.15, 0.2) is 36.4 Å². The third kappa shape index (κ3) is 3.33. The standard InChI is InChI=1S/C17H19ClO2/c1-4-20-15-7-8-16(17(18)10-15)13-5-6-14(11-19-3)12(2)9-13/h5-10H,4,11H2,1-3H3. The Hall–Kier alpha value is -1.51. The molecule has 0 N–H and O–H groups in total. The van der Waals surface area contributed by atoms with Gasteiger partial charge in [-0.25, -0.2) is 0 Å². The fraction of sp³-hybridized carbons (Fsp3) is 0.294. The molecule has 0 atom stereocenters. The summed E-state index contributed by atoms with van der Waals surface area (Å²) in [6.45, 7) is 5.31. The van der Waals surface area contributed by atoms with Crippen molar-refractivity contribution in [2.24, 2.45) is 0 Å². The first kappa shape index (κ1) is 14.9. The van der Waals surface area contributed by atoms with E-state index in [1.807, 2.05) is 25.1 Å². The Morgan fingerprint density at radius 1 is 1.10 bits per heavy atom. The average Bonchev–Trinajstić information content (AvgIpc) is 2.42. The molecule has 106 valence electrons. The molecule has 0 spiro atoms. The lowest BCUT2D eigenvalue weighted by molar-refractivity contribution is 0.184. The smallest absolute Gasteiger partial charge is 0.120 e. The van der Waals surface area contributed by atoms with Crippen LogP contribution in [0, 0.1) is 6.92 Å². The van der Waals surface area contributed by atoms with Gasteiger partial charge in [0.25, 0.3) is 0 Å². The van der Waals surface area contributed by atoms with Crippen LogP contribution < -0.4 is 4.74 Å². The second kappa shape index (κ2) is 6.78. The van der Waals surface area contributed by atoms with Gasteiger partial charge in [-0.1, -0.05) is 29.8 Å². The van der Waals surface area contributed by atoms with Gasteiger partial charge in [0.05, 0.1) is 18.2 Å². The van der Waals surface area contributed by atoms with Crippen LogP contribution in [-0.2, 0) is 11.3 Å². The van der Waals surface area contributed by atoms with Gasteiger partial charge in [-0.2, -0.15) is 0 Å². The van der Waals surface area contributed by atoms with Gasteiger partial charge in [0.2, 0.25) is 0 Å². The fourth-order valence-corrected chi connectivity index (χ4v) is 2.45. The number of hydrogen-bond acceptors (Lipinski definition) is 2. The zero-order valence-electron chi connectivity index (χ0n) is 12.1. The maximum Gasteiger partial charge on any atom is 0.120 e. The van der Waals surface area contributed by atoms with Gasteiger partial charge in [-0.3, -0.25) is 0 Å². The van der Waals surface area contributed by atoms with Crippen LogP contribution in [0.5, 0.6) is 5.75 Å². The first-order chi connectivity index (χ1) is 9.65. The fourth-order valence-electron chi connectivity index (χ4n) is 2.17. The van der Waals surface area contributed by atoms with Gasteiger partial charge in [0.1, 0.15) is 5.75 Å². The number of hydrogen-bond donors (Lipinski definition) is 0. The number of rotatable bonds is 5. The van der Waals surface area contributed by atoms with Crippen LogP contribution in [-0.4, -0.2) is 13.7 Å². The minimum atomic E-state index is 0.628. The highest BCUT2D eigenvalue weighted by atomic mass is 35.5. The first-order valence-electron chi connectivity index (χ1n) is 6.67. The number of ether oxygens (including phenoxy) is 2. The number of benzene rings is 2. The van der Waals surface area contributed by atoms with Crippen molar-refractivity contribution in [2.45, 2.75) is 20.5 Å². The van der Waals surface area contributed by atoms with E-state index < -0.39 is 0 Å². The molecule has 0 fully saturated rings. The zero-order valence-corrected chi connectivity index (χ0v) is 12.8. The monoisotopic (exact) mass is 290 g/mol. The van der Waals surface area contributed by atoms with E-state index in [9.17, 15) is 0 Å². The van der Waals surface area contributed by atoms with Crippen molar-refractivity contribution in [3.8, 4) is 16.9 Å². The summed E-state index contributed by atoms with van der Waals surface area (Å²) in [5.74, 6) is 0.800. The predicted molar refractivity (Wildman–Crippen MR) is 83.5 cm³/mol. The first-order valence-corrected chi connectivity index (χ1v) is 7.04. The lowest BCUT2D eigenvalue weighted by Crippen LogP contribution is -1.93. The molecule has 2 rings (SSSR count). The normalized spacial score (nSPS) is 10.6. The second-order valence-corrected chi connectivity index (χ2v) is 5.06. The Kier molecular flexibility index (Phi) is 5.05. The Morgan fingerprint density at radius 3 is 2.50 bits per heavy atom. The van der Waals surface area contributed by atoms with Gasteiger partial charge in [-0.05, 0) is 48.7 Å². The molecule has 2 aromatic carbocycles. The lowest BCUT2D eigenvalue weighted by atomic mass is 10.00. The summed E-state index contributed by atoms with van der Waals surface area (Å²) < 4.78 is 10.6. The van der Waals surface area contributed by atoms with Gasteiger partial charge < -0.3 is 9.47 Å². The lowest BCUT2D eigenvalue weighted by Gasteiger charge is -2.11. The van der Waals surface area contributed by atoms with Crippen molar-refractivity contribution in [3.63, 3.8) is 0 Å². The molecule has 0 bridgehead atoms. The molecule has 0 aliphatic heterocycles. The summed E-state index contributed by atoms with van der Waals surface area (Å²) in [6, 6.07) is 12.1. The van der Waals surface area contributed by atoms with Crippen LogP contribution in [0.25, 0.3) is 11.1 Å². The predicted octanol–water partition coefficient (Wildman–Crippen LogP) is 4.86. The molecule has 20 heavy (non-hydrogen) atoms. The van der Waals surface area contributed by atoms with Crippen molar-refractivity contribution in [1.82, 2.24) is 0 Å². The highest BCUT2D eigenvalue weighted by Gasteiger charge is 2.07. The molecule has 0 heterocycles. The summed E-state index contributed by atoms with van der Waals surface area (Å²) in [5, 5.41) is 0.704. The van der Waals surface area contributed by atoms with E-state index in [2.05, 4.69) is 25.1 Å². The van der Waals surface area contributed by atoms with Crippen molar-refractivity contribution in [3.05, 3.63) is 52.5 Å². The summed E-state index contributed by atoms with van der Waals surface area (Å²) in [7, 11) is 1.71. The van der Waals surface area contributed by atoms with E-state index in [1.54, 1.807) is 7.11 Å². The van der Waals surface area contributed by atoms with Crippen LogP contribution in [0.1, 0.15) is 18.1 Å². The molecular weight excluding hydrogens is 272 g/mol. The largest absolute Gasteiger partial charge is 0.494 e. The third-order valence-electron chi connectivity index (χ3n) is 3.20. The molecular formula is C17H19ClO2. The third-order valence-corrected chi connectivity index (χ3v) is 3.52. The van der Waals surface area contributed by atoms with E-state index in [0.717, 1.165) is 16.9 Å². The van der Waals surface area contributed by atoms with Crippen LogP contribution in [0.2, 0.25) is 5.02 Å². The van der Waals surface area contributed by atoms with E-state index in [1.165, 1.54) is 11.1 Å². The molecule has 0 amide bonds. The summed E-state index contributed by atoms with van der Waals surface area (Å²) >= 11 is 6.35. The summed E-state index contributed by atoms with van der Waals surface area (Å²) in [6.07, 6.45) is 0. The quantitative estimate of drug-likeness (QED) is 0.783. The summed E-state index contributed by atoms with van der Waals surface area (Å²) in [5.41, 5.74) is 4.52. The molecule has 0 saturated carbocycles. The Balaban J connectivity index is 2.34. The van der Waals surface area contributed by atoms with Crippen LogP contribution in [0.3, 0.4) is 0 Å². The van der Waals surface area contributed by atoms with Gasteiger partial charge in [0, 0.05) is 12.7 Å². The van der Waals surface area contributed by atoms with E-state index in [4.69, 9.17) is 21.1 Å². The molecule has 2 nitrogen and oxygen atoms in total. The maximum absolute atomic E-state index is 6.35. The van der Waals surface area contributed by atoms with Crippen molar-refractivity contribution >= 4 is 11.6 Å². The molecule has 0 aromatic heterocycles. The van der Waals surface area contributed by atoms with Crippen LogP contribution in [0.4, 0.5) is 0 Å². The van der Waals surface area contributed by atoms with Crippen molar-refractivity contribution in [1.29, 1.82) is 0 Å². The van der Waals surface area contributed by atoms with Crippen LogP contribution >= 0.6 is 11.6 Å². The highest BCUT2D eigenvalue weighted by Crippen LogP contribution is 2.32. The number of aryl methyl sites for hydroxylation is 1. The number of methoxy groups -OCH3 is 1. The average molecular weight is 291 g/mol. The van der Waals surface area contributed by atoms with Gasteiger partial charge in [0.15, 0.2) is 0 Å². The summed E-state index contributed by atoms with van der Waals surface area (Å²) in [4.78, 5) is 0. The Morgan fingerprint density at radius 2 is 1.90 bits per heavy atom.